The van der Waals surface area contributed by atoms with E-state index >= 15 is 0 Å². The molecule has 2 aromatic carbocycles. The van der Waals surface area contributed by atoms with E-state index in [1.807, 2.05) is 30.3 Å². The Morgan fingerprint density at radius 2 is 1.69 bits per heavy atom. The number of anilines is 1. The van der Waals surface area contributed by atoms with Gasteiger partial charge in [0.1, 0.15) is 10.8 Å². The lowest BCUT2D eigenvalue weighted by atomic mass is 10.1. The summed E-state index contributed by atoms with van der Waals surface area (Å²) in [5.74, 6) is -0.346. The lowest BCUT2D eigenvalue weighted by molar-refractivity contribution is -0.135. The van der Waals surface area contributed by atoms with Crippen LogP contribution in [0.15, 0.2) is 67.0 Å². The maximum Gasteiger partial charge on any atom is 0.316 e. The molecule has 9 nitrogen and oxygen atoms in total. The number of rotatable bonds is 8. The van der Waals surface area contributed by atoms with Gasteiger partial charge in [0.25, 0.3) is 0 Å². The van der Waals surface area contributed by atoms with E-state index in [4.69, 9.17) is 31.5 Å². The molecule has 0 fully saturated rings. The van der Waals surface area contributed by atoms with Crippen LogP contribution in [0, 0.1) is 0 Å². The number of pyridine rings is 2. The van der Waals surface area contributed by atoms with Gasteiger partial charge in [-0.1, -0.05) is 41.9 Å². The van der Waals surface area contributed by atoms with Crippen LogP contribution in [0.1, 0.15) is 5.56 Å². The Balaban J connectivity index is 1.63. The summed E-state index contributed by atoms with van der Waals surface area (Å²) >= 11 is 6.48. The van der Waals surface area contributed by atoms with Gasteiger partial charge in [0.2, 0.25) is 5.88 Å². The Bertz CT molecular complexity index is 1410. The highest BCUT2D eigenvalue weighted by Crippen LogP contribution is 2.38. The molecule has 0 unspecified atom stereocenters. The Kier molecular flexibility index (Phi) is 7.50. The first-order chi connectivity index (χ1) is 17.4. The molecule has 0 spiro atoms. The average Bonchev–Trinajstić information content (AvgIpc) is 2.89. The number of carbonyl (C=O) groups is 2. The van der Waals surface area contributed by atoms with Crippen molar-refractivity contribution in [2.24, 2.45) is 5.73 Å². The number of ether oxygens (including phenoxy) is 3. The molecule has 2 amide bonds. The van der Waals surface area contributed by atoms with Crippen molar-refractivity contribution in [3.8, 4) is 23.1 Å². The molecular formula is C26H23ClN4O5. The molecule has 0 saturated carbocycles. The van der Waals surface area contributed by atoms with E-state index in [9.17, 15) is 9.59 Å². The fraction of sp³-hybridized carbons (Fsp3) is 0.154. The van der Waals surface area contributed by atoms with Gasteiger partial charge in [-0.15, -0.1) is 0 Å². The number of benzene rings is 2. The smallest absolute Gasteiger partial charge is 0.316 e. The quantitative estimate of drug-likeness (QED) is 0.357. The Morgan fingerprint density at radius 1 is 0.972 bits per heavy atom. The number of hydrogen-bond acceptors (Lipinski definition) is 7. The fourth-order valence-corrected chi connectivity index (χ4v) is 3.84. The Hall–Kier alpha value is -4.37. The van der Waals surface area contributed by atoms with Crippen molar-refractivity contribution in [2.75, 3.05) is 25.7 Å². The largest absolute Gasteiger partial charge is 0.493 e. The molecule has 0 bridgehead atoms. The highest BCUT2D eigenvalue weighted by Gasteiger charge is 2.22. The van der Waals surface area contributed by atoms with Gasteiger partial charge in [0.05, 0.1) is 31.6 Å². The molecule has 36 heavy (non-hydrogen) atoms. The molecule has 0 radical (unpaired) electrons. The zero-order chi connectivity index (χ0) is 25.7. The second kappa shape index (κ2) is 10.9. The van der Waals surface area contributed by atoms with Gasteiger partial charge in [-0.3, -0.25) is 14.6 Å². The summed E-state index contributed by atoms with van der Waals surface area (Å²) in [5, 5.41) is 0.797. The number of hydrogen-bond donors (Lipinski definition) is 1. The topological polar surface area (TPSA) is 117 Å². The molecule has 0 atom stereocenters. The number of amides is 2. The van der Waals surface area contributed by atoms with E-state index in [-0.39, 0.29) is 17.4 Å². The van der Waals surface area contributed by atoms with Gasteiger partial charge in [0.15, 0.2) is 11.5 Å². The first-order valence-electron chi connectivity index (χ1n) is 10.9. The lowest BCUT2D eigenvalue weighted by Gasteiger charge is -2.22. The molecule has 2 aromatic heterocycles. The van der Waals surface area contributed by atoms with Crippen molar-refractivity contribution in [1.29, 1.82) is 0 Å². The minimum atomic E-state index is -1.08. The molecule has 0 saturated heterocycles. The van der Waals surface area contributed by atoms with E-state index in [1.54, 1.807) is 31.5 Å². The number of halogens is 1. The van der Waals surface area contributed by atoms with Crippen LogP contribution in [0.2, 0.25) is 5.02 Å². The highest BCUT2D eigenvalue weighted by molar-refractivity contribution is 6.40. The zero-order valence-corrected chi connectivity index (χ0v) is 20.4. The molecular weight excluding hydrogens is 484 g/mol. The zero-order valence-electron chi connectivity index (χ0n) is 19.6. The normalized spacial score (nSPS) is 10.6. The van der Waals surface area contributed by atoms with Crippen LogP contribution in [-0.2, 0) is 16.0 Å². The van der Waals surface area contributed by atoms with Gasteiger partial charge in [-0.05, 0) is 30.2 Å². The van der Waals surface area contributed by atoms with Crippen molar-refractivity contribution >= 4 is 40.0 Å². The van der Waals surface area contributed by atoms with Crippen LogP contribution in [0.4, 0.5) is 5.69 Å². The molecule has 184 valence electrons. The maximum absolute atomic E-state index is 12.5. The minimum Gasteiger partial charge on any atom is -0.493 e. The summed E-state index contributed by atoms with van der Waals surface area (Å²) in [7, 11) is 3.08. The Morgan fingerprint density at radius 3 is 2.36 bits per heavy atom. The van der Waals surface area contributed by atoms with Gasteiger partial charge < -0.3 is 24.8 Å². The van der Waals surface area contributed by atoms with Crippen molar-refractivity contribution in [2.45, 2.75) is 6.42 Å². The van der Waals surface area contributed by atoms with Crippen LogP contribution in [0.5, 0.6) is 23.1 Å². The molecule has 4 rings (SSSR count). The predicted molar refractivity (Wildman–Crippen MR) is 136 cm³/mol. The number of nitrogens with two attached hydrogens (primary N) is 1. The molecule has 0 aliphatic heterocycles. The first-order valence-corrected chi connectivity index (χ1v) is 11.3. The van der Waals surface area contributed by atoms with Crippen LogP contribution in [-0.4, -0.2) is 42.5 Å². The van der Waals surface area contributed by atoms with E-state index in [2.05, 4.69) is 9.97 Å². The van der Waals surface area contributed by atoms with E-state index < -0.39 is 11.8 Å². The number of carbonyl (C=O) groups excluding carboxylic acids is 2. The van der Waals surface area contributed by atoms with E-state index in [0.717, 1.165) is 5.56 Å². The van der Waals surface area contributed by atoms with Crippen molar-refractivity contribution in [1.82, 2.24) is 9.97 Å². The third-order valence-electron chi connectivity index (χ3n) is 5.44. The van der Waals surface area contributed by atoms with E-state index in [1.165, 1.54) is 24.3 Å². The fourth-order valence-electron chi connectivity index (χ4n) is 3.65. The van der Waals surface area contributed by atoms with Crippen LogP contribution in [0.3, 0.4) is 0 Å². The number of methoxy groups -OCH3 is 2. The summed E-state index contributed by atoms with van der Waals surface area (Å²) in [6, 6.07) is 16.2. The van der Waals surface area contributed by atoms with Gasteiger partial charge in [0, 0.05) is 24.2 Å². The summed E-state index contributed by atoms with van der Waals surface area (Å²) in [6.07, 6.45) is 3.49. The van der Waals surface area contributed by atoms with Crippen LogP contribution >= 0.6 is 11.6 Å². The number of nitrogens with zero attached hydrogens (tertiary/aromatic N) is 3. The maximum atomic E-state index is 12.5. The third kappa shape index (κ3) is 5.31. The second-order valence-corrected chi connectivity index (χ2v) is 8.08. The number of primary amides is 1. The van der Waals surface area contributed by atoms with E-state index in [0.29, 0.717) is 40.3 Å². The molecule has 2 heterocycles. The summed E-state index contributed by atoms with van der Waals surface area (Å²) < 4.78 is 16.7. The van der Waals surface area contributed by atoms with Crippen LogP contribution in [0.25, 0.3) is 10.9 Å². The Labute approximate surface area is 212 Å². The standard InChI is InChI=1S/C26H23ClN4O5/c1-34-22-13-18-20(14-23(22)35-2)29-10-8-21(18)36-25-19(27)12-17(15-30-25)31(26(33)24(28)32)11-9-16-6-4-3-5-7-16/h3-8,10,12-15H,9,11H2,1-2H3,(H2,28,32). The highest BCUT2D eigenvalue weighted by atomic mass is 35.5. The lowest BCUT2D eigenvalue weighted by Crippen LogP contribution is -2.41. The van der Waals surface area contributed by atoms with Crippen molar-refractivity contribution < 1.29 is 23.8 Å². The van der Waals surface area contributed by atoms with Gasteiger partial charge >= 0.3 is 11.8 Å². The molecule has 2 N–H and O–H groups in total. The molecule has 0 aliphatic carbocycles. The summed E-state index contributed by atoms with van der Waals surface area (Å²) in [4.78, 5) is 34.1. The molecule has 4 aromatic rings. The van der Waals surface area contributed by atoms with Gasteiger partial charge in [-0.2, -0.15) is 0 Å². The van der Waals surface area contributed by atoms with Crippen molar-refractivity contribution in [3.05, 3.63) is 77.6 Å². The predicted octanol–water partition coefficient (Wildman–Crippen LogP) is 4.15. The SMILES string of the molecule is COc1cc2nccc(Oc3ncc(N(CCc4ccccc4)C(=O)C(N)=O)cc3Cl)c2cc1OC. The second-order valence-electron chi connectivity index (χ2n) is 7.67. The monoisotopic (exact) mass is 506 g/mol. The van der Waals surface area contributed by atoms with Crippen molar-refractivity contribution in [3.63, 3.8) is 0 Å². The first kappa shape index (κ1) is 24.7. The number of fused-ring (bicyclic) bond motifs is 1. The summed E-state index contributed by atoms with van der Waals surface area (Å²) in [5.41, 5.74) is 7.21. The van der Waals surface area contributed by atoms with Gasteiger partial charge in [-0.25, -0.2) is 4.98 Å². The summed E-state index contributed by atoms with van der Waals surface area (Å²) in [6.45, 7) is 0.209. The number of aromatic nitrogens is 2. The third-order valence-corrected chi connectivity index (χ3v) is 5.71. The molecule has 0 aliphatic rings. The average molecular weight is 507 g/mol. The van der Waals surface area contributed by atoms with Crippen LogP contribution < -0.4 is 24.8 Å². The molecule has 10 heteroatoms. The minimum absolute atomic E-state index is 0.109.